The van der Waals surface area contributed by atoms with Crippen LogP contribution in [-0.2, 0) is 11.3 Å². The van der Waals surface area contributed by atoms with Crippen molar-refractivity contribution in [1.29, 1.82) is 0 Å². The Hall–Kier alpha value is -1.63. The summed E-state index contributed by atoms with van der Waals surface area (Å²) < 4.78 is 0. The topological polar surface area (TPSA) is 74.3 Å². The van der Waals surface area contributed by atoms with Gasteiger partial charge in [-0.2, -0.15) is 0 Å². The zero-order valence-electron chi connectivity index (χ0n) is 12.7. The molecule has 0 spiro atoms. The van der Waals surface area contributed by atoms with Crippen molar-refractivity contribution in [1.82, 2.24) is 20.5 Å². The molecule has 0 saturated carbocycles. The lowest BCUT2D eigenvalue weighted by molar-refractivity contribution is -0.125. The lowest BCUT2D eigenvalue weighted by Gasteiger charge is -2.31. The van der Waals surface area contributed by atoms with E-state index in [-0.39, 0.29) is 17.9 Å². The third kappa shape index (κ3) is 3.93. The van der Waals surface area contributed by atoms with Gasteiger partial charge < -0.3 is 15.5 Å². The van der Waals surface area contributed by atoms with Crippen molar-refractivity contribution in [2.75, 3.05) is 20.1 Å². The summed E-state index contributed by atoms with van der Waals surface area (Å²) in [6, 6.07) is -0.117. The van der Waals surface area contributed by atoms with Gasteiger partial charge in [-0.05, 0) is 26.7 Å². The number of urea groups is 1. The fourth-order valence-electron chi connectivity index (χ4n) is 2.46. The SMILES string of the molecule is CNC(=O)C1CCCN(C(=O)NCc2nc(C)c(C)s2)C1. The van der Waals surface area contributed by atoms with Crippen molar-refractivity contribution >= 4 is 23.3 Å². The normalized spacial score (nSPS) is 18.4. The van der Waals surface area contributed by atoms with Crippen molar-refractivity contribution in [3.63, 3.8) is 0 Å². The third-order valence-electron chi connectivity index (χ3n) is 3.79. The second kappa shape index (κ2) is 6.89. The maximum absolute atomic E-state index is 12.2. The minimum absolute atomic E-state index is 0.0127. The number of hydrogen-bond acceptors (Lipinski definition) is 4. The molecular formula is C14H22N4O2S. The number of piperidine rings is 1. The number of carbonyl (C=O) groups excluding carboxylic acids is 2. The van der Waals surface area contributed by atoms with Gasteiger partial charge in [-0.3, -0.25) is 4.79 Å². The van der Waals surface area contributed by atoms with E-state index in [1.165, 1.54) is 4.88 Å². The van der Waals surface area contributed by atoms with Gasteiger partial charge in [0.25, 0.3) is 0 Å². The molecule has 116 valence electrons. The summed E-state index contributed by atoms with van der Waals surface area (Å²) in [5, 5.41) is 6.46. The first kappa shape index (κ1) is 15.8. The van der Waals surface area contributed by atoms with E-state index in [1.54, 1.807) is 23.3 Å². The summed E-state index contributed by atoms with van der Waals surface area (Å²) in [5.41, 5.74) is 1.02. The van der Waals surface area contributed by atoms with E-state index in [0.717, 1.165) is 23.5 Å². The van der Waals surface area contributed by atoms with Gasteiger partial charge in [-0.15, -0.1) is 11.3 Å². The molecule has 1 fully saturated rings. The molecule has 2 N–H and O–H groups in total. The Morgan fingerprint density at radius 3 is 2.81 bits per heavy atom. The molecule has 21 heavy (non-hydrogen) atoms. The molecule has 0 aromatic carbocycles. The molecule has 1 saturated heterocycles. The summed E-state index contributed by atoms with van der Waals surface area (Å²) in [6.07, 6.45) is 1.70. The molecule has 0 bridgehead atoms. The quantitative estimate of drug-likeness (QED) is 0.887. The minimum atomic E-state index is -0.117. The molecule has 1 aliphatic rings. The van der Waals surface area contributed by atoms with Crippen molar-refractivity contribution < 1.29 is 9.59 Å². The first-order chi connectivity index (χ1) is 10.0. The molecule has 1 aromatic heterocycles. The number of rotatable bonds is 3. The summed E-state index contributed by atoms with van der Waals surface area (Å²) in [4.78, 5) is 31.2. The summed E-state index contributed by atoms with van der Waals surface area (Å²) in [5.74, 6) is -0.0856. The van der Waals surface area contributed by atoms with E-state index < -0.39 is 0 Å². The maximum atomic E-state index is 12.2. The Kier molecular flexibility index (Phi) is 5.17. The van der Waals surface area contributed by atoms with Gasteiger partial charge in [0.15, 0.2) is 0 Å². The van der Waals surface area contributed by atoms with E-state index in [9.17, 15) is 9.59 Å². The number of aryl methyl sites for hydroxylation is 2. The fourth-order valence-corrected chi connectivity index (χ4v) is 3.33. The summed E-state index contributed by atoms with van der Waals surface area (Å²) in [6.45, 7) is 5.63. The van der Waals surface area contributed by atoms with Crippen LogP contribution < -0.4 is 10.6 Å². The molecule has 6 nitrogen and oxygen atoms in total. The molecule has 1 unspecified atom stereocenters. The zero-order valence-corrected chi connectivity index (χ0v) is 13.5. The second-order valence-corrected chi connectivity index (χ2v) is 6.60. The second-order valence-electron chi connectivity index (χ2n) is 5.31. The van der Waals surface area contributed by atoms with Crippen LogP contribution in [0.2, 0.25) is 0 Å². The maximum Gasteiger partial charge on any atom is 0.317 e. The Labute approximate surface area is 128 Å². The molecule has 2 rings (SSSR count). The average molecular weight is 310 g/mol. The van der Waals surface area contributed by atoms with Gasteiger partial charge in [-0.1, -0.05) is 0 Å². The lowest BCUT2D eigenvalue weighted by Crippen LogP contribution is -2.48. The lowest BCUT2D eigenvalue weighted by atomic mass is 9.97. The Morgan fingerprint density at radius 1 is 1.43 bits per heavy atom. The molecule has 0 aliphatic carbocycles. The standard InChI is InChI=1S/C14H22N4O2S/c1-9-10(2)21-12(17-9)7-16-14(20)18-6-4-5-11(8-18)13(19)15-3/h11H,4-8H2,1-3H3,(H,15,19)(H,16,20). The van der Waals surface area contributed by atoms with Crippen molar-refractivity contribution in [2.45, 2.75) is 33.2 Å². The molecular weight excluding hydrogens is 288 g/mol. The van der Waals surface area contributed by atoms with Crippen molar-refractivity contribution in [3.05, 3.63) is 15.6 Å². The minimum Gasteiger partial charge on any atom is -0.359 e. The van der Waals surface area contributed by atoms with Gasteiger partial charge in [0.1, 0.15) is 5.01 Å². The van der Waals surface area contributed by atoms with Gasteiger partial charge in [0.2, 0.25) is 5.91 Å². The van der Waals surface area contributed by atoms with Crippen LogP contribution in [0.5, 0.6) is 0 Å². The smallest absolute Gasteiger partial charge is 0.317 e. The van der Waals surface area contributed by atoms with Gasteiger partial charge >= 0.3 is 6.03 Å². The highest BCUT2D eigenvalue weighted by Gasteiger charge is 2.27. The molecule has 1 atom stereocenters. The highest BCUT2D eigenvalue weighted by Crippen LogP contribution is 2.18. The molecule has 7 heteroatoms. The largest absolute Gasteiger partial charge is 0.359 e. The summed E-state index contributed by atoms with van der Waals surface area (Å²) in [7, 11) is 1.63. The van der Waals surface area contributed by atoms with E-state index in [2.05, 4.69) is 15.6 Å². The molecule has 1 aromatic rings. The van der Waals surface area contributed by atoms with Crippen LogP contribution in [0.3, 0.4) is 0 Å². The van der Waals surface area contributed by atoms with Gasteiger partial charge in [0.05, 0.1) is 18.2 Å². The molecule has 2 heterocycles. The predicted molar refractivity (Wildman–Crippen MR) is 82.2 cm³/mol. The van der Waals surface area contributed by atoms with Crippen molar-refractivity contribution in [2.24, 2.45) is 5.92 Å². The molecule has 3 amide bonds. The number of thiazole rings is 1. The average Bonchev–Trinajstić information content (AvgIpc) is 2.82. The summed E-state index contributed by atoms with van der Waals surface area (Å²) >= 11 is 1.60. The number of amides is 3. The number of nitrogens with zero attached hydrogens (tertiary/aromatic N) is 2. The third-order valence-corrected chi connectivity index (χ3v) is 4.86. The number of carbonyl (C=O) groups is 2. The fraction of sp³-hybridized carbons (Fsp3) is 0.643. The van der Waals surface area contributed by atoms with Crippen LogP contribution in [0.1, 0.15) is 28.4 Å². The Morgan fingerprint density at radius 2 is 2.19 bits per heavy atom. The van der Waals surface area contributed by atoms with Crippen molar-refractivity contribution in [3.8, 4) is 0 Å². The zero-order chi connectivity index (χ0) is 15.4. The molecule has 1 aliphatic heterocycles. The number of hydrogen-bond donors (Lipinski definition) is 2. The van der Waals surface area contributed by atoms with Crippen LogP contribution in [0.4, 0.5) is 4.79 Å². The highest BCUT2D eigenvalue weighted by atomic mass is 32.1. The number of nitrogens with one attached hydrogen (secondary N) is 2. The Balaban J connectivity index is 1.86. The number of aromatic nitrogens is 1. The Bertz CT molecular complexity index is 510. The van der Waals surface area contributed by atoms with Gasteiger partial charge in [-0.25, -0.2) is 9.78 Å². The number of likely N-dealkylation sites (tertiary alicyclic amines) is 1. The van der Waals surface area contributed by atoms with Crippen LogP contribution in [0.25, 0.3) is 0 Å². The molecule has 0 radical (unpaired) electrons. The van der Waals surface area contributed by atoms with Crippen LogP contribution >= 0.6 is 11.3 Å². The van der Waals surface area contributed by atoms with Crippen LogP contribution in [0, 0.1) is 19.8 Å². The van der Waals surface area contributed by atoms with E-state index >= 15 is 0 Å². The van der Waals surface area contributed by atoms with Crippen LogP contribution in [0.15, 0.2) is 0 Å². The first-order valence-electron chi connectivity index (χ1n) is 7.18. The highest BCUT2D eigenvalue weighted by molar-refractivity contribution is 7.11. The first-order valence-corrected chi connectivity index (χ1v) is 8.00. The van der Waals surface area contributed by atoms with Gasteiger partial charge in [0, 0.05) is 25.0 Å². The van der Waals surface area contributed by atoms with E-state index in [0.29, 0.717) is 19.6 Å². The van der Waals surface area contributed by atoms with Crippen LogP contribution in [-0.4, -0.2) is 42.0 Å². The predicted octanol–water partition coefficient (Wildman–Crippen LogP) is 1.43. The van der Waals surface area contributed by atoms with E-state index in [4.69, 9.17) is 0 Å². The monoisotopic (exact) mass is 310 g/mol. The van der Waals surface area contributed by atoms with E-state index in [1.807, 2.05) is 13.8 Å².